The number of rotatable bonds is 1. The number of aromatic nitrogens is 2. The molecule has 2 heterocycles. The standard InChI is InChI=1S/C7H9BrN2O2/c1-11-5-3-10-7(12-4-5)6(8)2-9-10/h2,5H,3-4H2,1H3/t5-/m0/s1. The number of halogens is 1. The highest BCUT2D eigenvalue weighted by molar-refractivity contribution is 9.10. The summed E-state index contributed by atoms with van der Waals surface area (Å²) in [6, 6.07) is 0. The smallest absolute Gasteiger partial charge is 0.226 e. The molecule has 12 heavy (non-hydrogen) atoms. The molecule has 66 valence electrons. The topological polar surface area (TPSA) is 36.3 Å². The van der Waals surface area contributed by atoms with E-state index >= 15 is 0 Å². The van der Waals surface area contributed by atoms with Crippen molar-refractivity contribution in [2.24, 2.45) is 0 Å². The van der Waals surface area contributed by atoms with Gasteiger partial charge in [0.15, 0.2) is 0 Å². The van der Waals surface area contributed by atoms with Gasteiger partial charge in [0.2, 0.25) is 5.88 Å². The van der Waals surface area contributed by atoms with Gasteiger partial charge in [0, 0.05) is 7.11 Å². The molecule has 0 saturated carbocycles. The third-order valence-electron chi connectivity index (χ3n) is 1.87. The summed E-state index contributed by atoms with van der Waals surface area (Å²) in [5.41, 5.74) is 0. The highest BCUT2D eigenvalue weighted by Crippen LogP contribution is 2.27. The molecule has 0 saturated heterocycles. The van der Waals surface area contributed by atoms with Crippen LogP contribution in [0.25, 0.3) is 0 Å². The second-order valence-corrected chi connectivity index (χ2v) is 3.50. The van der Waals surface area contributed by atoms with Crippen LogP contribution >= 0.6 is 15.9 Å². The number of nitrogens with zero attached hydrogens (tertiary/aromatic N) is 2. The van der Waals surface area contributed by atoms with Crippen LogP contribution in [-0.4, -0.2) is 29.6 Å². The van der Waals surface area contributed by atoms with E-state index in [1.807, 2.05) is 0 Å². The Bertz CT molecular complexity index is 287. The van der Waals surface area contributed by atoms with Crippen molar-refractivity contribution >= 4 is 15.9 Å². The molecule has 1 aromatic heterocycles. The van der Waals surface area contributed by atoms with E-state index in [0.29, 0.717) is 6.61 Å². The van der Waals surface area contributed by atoms with Crippen LogP contribution in [0, 0.1) is 0 Å². The highest BCUT2D eigenvalue weighted by atomic mass is 79.9. The summed E-state index contributed by atoms with van der Waals surface area (Å²) >= 11 is 3.34. The molecular weight excluding hydrogens is 224 g/mol. The average Bonchev–Trinajstić information content (AvgIpc) is 2.47. The first-order valence-electron chi connectivity index (χ1n) is 3.68. The second kappa shape index (κ2) is 3.06. The molecule has 1 aromatic rings. The van der Waals surface area contributed by atoms with Gasteiger partial charge >= 0.3 is 0 Å². The van der Waals surface area contributed by atoms with E-state index < -0.39 is 0 Å². The van der Waals surface area contributed by atoms with Gasteiger partial charge in [0.25, 0.3) is 0 Å². The first-order valence-corrected chi connectivity index (χ1v) is 4.47. The van der Waals surface area contributed by atoms with Gasteiger partial charge in [-0.2, -0.15) is 5.10 Å². The molecule has 0 aliphatic carbocycles. The quantitative estimate of drug-likeness (QED) is 0.727. The number of methoxy groups -OCH3 is 1. The Morgan fingerprint density at radius 3 is 3.42 bits per heavy atom. The van der Waals surface area contributed by atoms with Crippen LogP contribution in [-0.2, 0) is 11.3 Å². The molecule has 5 heteroatoms. The molecule has 0 aromatic carbocycles. The normalized spacial score (nSPS) is 21.7. The summed E-state index contributed by atoms with van der Waals surface area (Å²) in [7, 11) is 1.68. The molecule has 1 atom stereocenters. The van der Waals surface area contributed by atoms with E-state index in [-0.39, 0.29) is 6.10 Å². The zero-order valence-electron chi connectivity index (χ0n) is 6.66. The molecule has 0 spiro atoms. The molecule has 0 bridgehead atoms. The van der Waals surface area contributed by atoms with Crippen molar-refractivity contribution in [1.82, 2.24) is 9.78 Å². The number of ether oxygens (including phenoxy) is 2. The van der Waals surface area contributed by atoms with E-state index in [1.165, 1.54) is 0 Å². The molecule has 0 unspecified atom stereocenters. The first-order chi connectivity index (χ1) is 5.81. The van der Waals surface area contributed by atoms with Gasteiger partial charge < -0.3 is 9.47 Å². The minimum Gasteiger partial charge on any atom is -0.474 e. The summed E-state index contributed by atoms with van der Waals surface area (Å²) in [5, 5.41) is 4.12. The maximum absolute atomic E-state index is 5.43. The van der Waals surface area contributed by atoms with Gasteiger partial charge in [0.05, 0.1) is 17.2 Å². The van der Waals surface area contributed by atoms with Crippen molar-refractivity contribution in [2.45, 2.75) is 12.6 Å². The fourth-order valence-corrected chi connectivity index (χ4v) is 1.60. The molecule has 0 fully saturated rings. The van der Waals surface area contributed by atoms with Crippen LogP contribution in [0.2, 0.25) is 0 Å². The third kappa shape index (κ3) is 1.23. The van der Waals surface area contributed by atoms with Crippen molar-refractivity contribution < 1.29 is 9.47 Å². The van der Waals surface area contributed by atoms with Crippen molar-refractivity contribution in [2.75, 3.05) is 13.7 Å². The average molecular weight is 233 g/mol. The van der Waals surface area contributed by atoms with Gasteiger partial charge in [-0.15, -0.1) is 0 Å². The number of hydrogen-bond donors (Lipinski definition) is 0. The molecule has 1 aliphatic heterocycles. The van der Waals surface area contributed by atoms with Gasteiger partial charge in [-0.3, -0.25) is 0 Å². The Kier molecular flexibility index (Phi) is 2.06. The van der Waals surface area contributed by atoms with E-state index in [2.05, 4.69) is 21.0 Å². The molecular formula is C7H9BrN2O2. The molecule has 4 nitrogen and oxygen atoms in total. The van der Waals surface area contributed by atoms with Gasteiger partial charge in [0.1, 0.15) is 12.7 Å². The largest absolute Gasteiger partial charge is 0.474 e. The lowest BCUT2D eigenvalue weighted by Crippen LogP contribution is -2.31. The maximum atomic E-state index is 5.43. The summed E-state index contributed by atoms with van der Waals surface area (Å²) in [6.45, 7) is 1.36. The minimum absolute atomic E-state index is 0.115. The highest BCUT2D eigenvalue weighted by Gasteiger charge is 2.21. The lowest BCUT2D eigenvalue weighted by atomic mass is 10.3. The van der Waals surface area contributed by atoms with Crippen LogP contribution < -0.4 is 4.74 Å². The monoisotopic (exact) mass is 232 g/mol. The second-order valence-electron chi connectivity index (χ2n) is 2.65. The molecule has 0 radical (unpaired) electrons. The van der Waals surface area contributed by atoms with Crippen LogP contribution in [0.3, 0.4) is 0 Å². The lowest BCUT2D eigenvalue weighted by Gasteiger charge is -2.22. The lowest BCUT2D eigenvalue weighted by molar-refractivity contribution is 0.0176. The molecule has 0 N–H and O–H groups in total. The van der Waals surface area contributed by atoms with Gasteiger partial charge in [-0.1, -0.05) is 0 Å². The van der Waals surface area contributed by atoms with E-state index in [1.54, 1.807) is 18.0 Å². The summed E-state index contributed by atoms with van der Waals surface area (Å²) < 4.78 is 13.3. The van der Waals surface area contributed by atoms with Gasteiger partial charge in [-0.25, -0.2) is 4.68 Å². The Balaban J connectivity index is 2.24. The predicted molar refractivity (Wildman–Crippen MR) is 46.2 cm³/mol. The number of fused-ring (bicyclic) bond motifs is 1. The van der Waals surface area contributed by atoms with E-state index in [9.17, 15) is 0 Å². The van der Waals surface area contributed by atoms with E-state index in [0.717, 1.165) is 16.9 Å². The Labute approximate surface area is 78.6 Å². The first kappa shape index (κ1) is 8.07. The molecule has 0 amide bonds. The zero-order chi connectivity index (χ0) is 8.55. The Morgan fingerprint density at radius 1 is 1.83 bits per heavy atom. The third-order valence-corrected chi connectivity index (χ3v) is 2.41. The zero-order valence-corrected chi connectivity index (χ0v) is 8.24. The van der Waals surface area contributed by atoms with Crippen LogP contribution in [0.4, 0.5) is 0 Å². The summed E-state index contributed by atoms with van der Waals surface area (Å²) in [4.78, 5) is 0. The van der Waals surface area contributed by atoms with Crippen LogP contribution in [0.15, 0.2) is 10.7 Å². The van der Waals surface area contributed by atoms with E-state index in [4.69, 9.17) is 9.47 Å². The SMILES string of the molecule is CO[C@@H]1COc2c(Br)cnn2C1. The number of hydrogen-bond acceptors (Lipinski definition) is 3. The van der Waals surface area contributed by atoms with Crippen LogP contribution in [0.5, 0.6) is 5.88 Å². The van der Waals surface area contributed by atoms with Crippen molar-refractivity contribution in [3.05, 3.63) is 10.7 Å². The van der Waals surface area contributed by atoms with Crippen molar-refractivity contribution in [3.8, 4) is 5.88 Å². The Hall–Kier alpha value is -0.550. The molecule has 1 aliphatic rings. The summed E-state index contributed by atoms with van der Waals surface area (Å²) in [5.74, 6) is 0.795. The van der Waals surface area contributed by atoms with Crippen LogP contribution in [0.1, 0.15) is 0 Å². The van der Waals surface area contributed by atoms with Crippen molar-refractivity contribution in [1.29, 1.82) is 0 Å². The predicted octanol–water partition coefficient (Wildman–Crippen LogP) is 1.05. The fourth-order valence-electron chi connectivity index (χ4n) is 1.18. The molecule has 2 rings (SSSR count). The van der Waals surface area contributed by atoms with Crippen molar-refractivity contribution in [3.63, 3.8) is 0 Å². The fraction of sp³-hybridized carbons (Fsp3) is 0.571. The summed E-state index contributed by atoms with van der Waals surface area (Å²) in [6.07, 6.45) is 1.84. The maximum Gasteiger partial charge on any atom is 0.226 e. The minimum atomic E-state index is 0.115. The Morgan fingerprint density at radius 2 is 2.67 bits per heavy atom. The van der Waals surface area contributed by atoms with Gasteiger partial charge in [-0.05, 0) is 15.9 Å².